The number of hydrogen-bond acceptors (Lipinski definition) is 1. The zero-order valence-electron chi connectivity index (χ0n) is 7.91. The summed E-state index contributed by atoms with van der Waals surface area (Å²) in [4.78, 5) is 0. The molecule has 0 heterocycles. The molecular formula is C10H19N. The smallest absolute Gasteiger partial charge is 0.0325 e. The zero-order valence-corrected chi connectivity index (χ0v) is 7.91. The lowest BCUT2D eigenvalue weighted by Gasteiger charge is -2.20. The molecule has 0 aromatic rings. The van der Waals surface area contributed by atoms with Crippen LogP contribution in [0.3, 0.4) is 0 Å². The van der Waals surface area contributed by atoms with Gasteiger partial charge in [0.05, 0.1) is 0 Å². The third-order valence-electron chi connectivity index (χ3n) is 1.24. The van der Waals surface area contributed by atoms with Gasteiger partial charge in [-0.3, -0.25) is 0 Å². The van der Waals surface area contributed by atoms with Crippen molar-refractivity contribution in [2.24, 2.45) is 5.41 Å². The van der Waals surface area contributed by atoms with Crippen molar-refractivity contribution in [2.75, 3.05) is 6.54 Å². The first-order valence-electron chi connectivity index (χ1n) is 3.98. The molecule has 0 bridgehead atoms. The Morgan fingerprint density at radius 2 is 2.00 bits per heavy atom. The fourth-order valence-electron chi connectivity index (χ4n) is 0.919. The van der Waals surface area contributed by atoms with E-state index in [1.54, 1.807) is 0 Å². The second-order valence-electron chi connectivity index (χ2n) is 4.01. The summed E-state index contributed by atoms with van der Waals surface area (Å²) in [7, 11) is 0. The number of allylic oxidation sites excluding steroid dienone is 1. The van der Waals surface area contributed by atoms with Gasteiger partial charge in [0.15, 0.2) is 0 Å². The molecule has 0 aliphatic carbocycles. The van der Waals surface area contributed by atoms with E-state index in [1.165, 1.54) is 0 Å². The van der Waals surface area contributed by atoms with Crippen molar-refractivity contribution in [1.82, 2.24) is 5.32 Å². The molecule has 0 unspecified atom stereocenters. The van der Waals surface area contributed by atoms with Crippen LogP contribution >= 0.6 is 0 Å². The summed E-state index contributed by atoms with van der Waals surface area (Å²) >= 11 is 0. The van der Waals surface area contributed by atoms with E-state index >= 15 is 0 Å². The Balaban J connectivity index is 3.61. The van der Waals surface area contributed by atoms with E-state index in [0.717, 1.165) is 18.7 Å². The third-order valence-corrected chi connectivity index (χ3v) is 1.24. The average molecular weight is 153 g/mol. The molecule has 0 fully saturated rings. The molecular weight excluding hydrogens is 134 g/mol. The minimum Gasteiger partial charge on any atom is -0.385 e. The van der Waals surface area contributed by atoms with Crippen LogP contribution in [0, 0.1) is 5.41 Å². The first-order valence-corrected chi connectivity index (χ1v) is 3.98. The van der Waals surface area contributed by atoms with Crippen molar-refractivity contribution in [2.45, 2.75) is 27.2 Å². The Kier molecular flexibility index (Phi) is 3.94. The zero-order chi connectivity index (χ0) is 8.91. The van der Waals surface area contributed by atoms with Crippen LogP contribution in [-0.2, 0) is 0 Å². The van der Waals surface area contributed by atoms with Crippen LogP contribution in [0.15, 0.2) is 24.9 Å². The predicted molar refractivity (Wildman–Crippen MR) is 51.4 cm³/mol. The highest BCUT2D eigenvalue weighted by atomic mass is 14.9. The second-order valence-corrected chi connectivity index (χ2v) is 4.01. The minimum absolute atomic E-state index is 0.325. The molecule has 11 heavy (non-hydrogen) atoms. The maximum Gasteiger partial charge on any atom is 0.0325 e. The lowest BCUT2D eigenvalue weighted by Crippen LogP contribution is -2.17. The summed E-state index contributed by atoms with van der Waals surface area (Å²) in [5.41, 5.74) is 1.42. The molecule has 1 heteroatoms. The average Bonchev–Trinajstić information content (AvgIpc) is 1.79. The Bertz CT molecular complexity index is 139. The van der Waals surface area contributed by atoms with E-state index < -0.39 is 0 Å². The van der Waals surface area contributed by atoms with Crippen molar-refractivity contribution in [3.8, 4) is 0 Å². The molecule has 0 aliphatic heterocycles. The van der Waals surface area contributed by atoms with Gasteiger partial charge in [0.25, 0.3) is 0 Å². The lowest BCUT2D eigenvalue weighted by molar-refractivity contribution is 0.400. The van der Waals surface area contributed by atoms with Crippen LogP contribution in [0.2, 0.25) is 0 Å². The molecule has 0 saturated heterocycles. The Hall–Kier alpha value is -0.720. The normalized spacial score (nSPS) is 10.8. The summed E-state index contributed by atoms with van der Waals surface area (Å²) in [5, 5.41) is 3.18. The van der Waals surface area contributed by atoms with Crippen LogP contribution in [0.5, 0.6) is 0 Å². The summed E-state index contributed by atoms with van der Waals surface area (Å²) in [6.07, 6.45) is 2.86. The molecule has 0 atom stereocenters. The maximum absolute atomic E-state index is 3.92. The molecule has 0 saturated carbocycles. The van der Waals surface area contributed by atoms with E-state index in [2.05, 4.69) is 39.2 Å². The standard InChI is InChI=1S/C10H19N/c1-6-7-11-9(2)8-10(3,4)5/h6,11H,1-2,7-8H2,3-5H3. The molecule has 0 aromatic carbocycles. The first-order chi connectivity index (χ1) is 4.95. The van der Waals surface area contributed by atoms with Crippen molar-refractivity contribution in [3.05, 3.63) is 24.9 Å². The molecule has 0 rings (SSSR count). The highest BCUT2D eigenvalue weighted by Gasteiger charge is 2.10. The van der Waals surface area contributed by atoms with Gasteiger partial charge >= 0.3 is 0 Å². The first kappa shape index (κ1) is 10.3. The van der Waals surface area contributed by atoms with Gasteiger partial charge in [-0.1, -0.05) is 33.4 Å². The van der Waals surface area contributed by atoms with Gasteiger partial charge in [-0.05, 0) is 11.8 Å². The van der Waals surface area contributed by atoms with E-state index in [4.69, 9.17) is 0 Å². The fourth-order valence-corrected chi connectivity index (χ4v) is 0.919. The fraction of sp³-hybridized carbons (Fsp3) is 0.600. The molecule has 0 spiro atoms. The van der Waals surface area contributed by atoms with E-state index in [9.17, 15) is 0 Å². The number of rotatable bonds is 4. The molecule has 1 nitrogen and oxygen atoms in total. The molecule has 0 radical (unpaired) electrons. The molecule has 0 aromatic heterocycles. The Morgan fingerprint density at radius 3 is 2.36 bits per heavy atom. The molecule has 64 valence electrons. The van der Waals surface area contributed by atoms with E-state index in [1.807, 2.05) is 6.08 Å². The lowest BCUT2D eigenvalue weighted by atomic mass is 9.91. The number of hydrogen-bond donors (Lipinski definition) is 1. The molecule has 1 N–H and O–H groups in total. The van der Waals surface area contributed by atoms with Gasteiger partial charge in [0, 0.05) is 12.2 Å². The van der Waals surface area contributed by atoms with Gasteiger partial charge < -0.3 is 5.32 Å². The molecule has 0 amide bonds. The van der Waals surface area contributed by atoms with Crippen molar-refractivity contribution in [3.63, 3.8) is 0 Å². The SMILES string of the molecule is C=CCNC(=C)CC(C)(C)C. The van der Waals surface area contributed by atoms with Crippen molar-refractivity contribution in [1.29, 1.82) is 0 Å². The van der Waals surface area contributed by atoms with Gasteiger partial charge in [-0.2, -0.15) is 0 Å². The maximum atomic E-state index is 3.92. The summed E-state index contributed by atoms with van der Waals surface area (Å²) in [6, 6.07) is 0. The second kappa shape index (κ2) is 4.22. The summed E-state index contributed by atoms with van der Waals surface area (Å²) in [6.45, 7) is 15.0. The highest BCUT2D eigenvalue weighted by molar-refractivity contribution is 4.96. The largest absolute Gasteiger partial charge is 0.385 e. The van der Waals surface area contributed by atoms with Crippen molar-refractivity contribution >= 4 is 0 Å². The third kappa shape index (κ3) is 7.17. The monoisotopic (exact) mass is 153 g/mol. The summed E-state index contributed by atoms with van der Waals surface area (Å²) < 4.78 is 0. The van der Waals surface area contributed by atoms with Gasteiger partial charge in [-0.15, -0.1) is 6.58 Å². The van der Waals surface area contributed by atoms with E-state index in [-0.39, 0.29) is 0 Å². The van der Waals surface area contributed by atoms with Crippen LogP contribution < -0.4 is 5.32 Å². The molecule has 0 aliphatic rings. The predicted octanol–water partition coefficient (Wildman–Crippen LogP) is 2.71. The Labute approximate surface area is 70.2 Å². The van der Waals surface area contributed by atoms with Gasteiger partial charge in [0.2, 0.25) is 0 Å². The summed E-state index contributed by atoms with van der Waals surface area (Å²) in [5.74, 6) is 0. The number of nitrogens with one attached hydrogen (secondary N) is 1. The van der Waals surface area contributed by atoms with Gasteiger partial charge in [0.1, 0.15) is 0 Å². The van der Waals surface area contributed by atoms with E-state index in [0.29, 0.717) is 5.41 Å². The van der Waals surface area contributed by atoms with Crippen LogP contribution in [0.4, 0.5) is 0 Å². The van der Waals surface area contributed by atoms with Crippen molar-refractivity contribution < 1.29 is 0 Å². The van der Waals surface area contributed by atoms with Crippen LogP contribution in [0.1, 0.15) is 27.2 Å². The Morgan fingerprint density at radius 1 is 1.45 bits per heavy atom. The van der Waals surface area contributed by atoms with Crippen LogP contribution in [0.25, 0.3) is 0 Å². The van der Waals surface area contributed by atoms with Crippen LogP contribution in [-0.4, -0.2) is 6.54 Å². The highest BCUT2D eigenvalue weighted by Crippen LogP contribution is 2.21. The van der Waals surface area contributed by atoms with Gasteiger partial charge in [-0.25, -0.2) is 0 Å². The topological polar surface area (TPSA) is 12.0 Å². The minimum atomic E-state index is 0.325. The quantitative estimate of drug-likeness (QED) is 0.612.